The molecule has 1 unspecified atom stereocenters. The largest absolute Gasteiger partial charge is 0.495 e. The molecule has 0 radical (unpaired) electrons. The average molecular weight is 363 g/mol. The van der Waals surface area contributed by atoms with E-state index in [-0.39, 0.29) is 5.54 Å². The van der Waals surface area contributed by atoms with Crippen molar-refractivity contribution in [2.24, 2.45) is 0 Å². The maximum absolute atomic E-state index is 5.49. The van der Waals surface area contributed by atoms with E-state index in [9.17, 15) is 0 Å². The zero-order valence-corrected chi connectivity index (χ0v) is 13.3. The molecule has 1 aromatic rings. The first-order chi connectivity index (χ1) is 8.04. The van der Waals surface area contributed by atoms with E-state index in [2.05, 4.69) is 50.2 Å². The van der Waals surface area contributed by atoms with Gasteiger partial charge in [0.1, 0.15) is 5.75 Å². The molecular weight excluding hydrogens is 346 g/mol. The third-order valence-electron chi connectivity index (χ3n) is 3.33. The Hall–Kier alpha value is -0.0600. The van der Waals surface area contributed by atoms with Gasteiger partial charge in [0.15, 0.2) is 0 Å². The zero-order valence-electron chi connectivity index (χ0n) is 10.1. The highest BCUT2D eigenvalue weighted by Gasteiger charge is 2.29. The van der Waals surface area contributed by atoms with Crippen molar-refractivity contribution in [3.63, 3.8) is 0 Å². The Labute approximate surface area is 119 Å². The van der Waals surface area contributed by atoms with E-state index in [1.807, 2.05) is 6.07 Å². The lowest BCUT2D eigenvalue weighted by molar-refractivity contribution is 0.380. The van der Waals surface area contributed by atoms with Crippen molar-refractivity contribution in [1.29, 1.82) is 0 Å². The SMILES string of the molecule is COc1c(Br)cc(Br)cc1CC1(C)CCCN1. The smallest absolute Gasteiger partial charge is 0.136 e. The van der Waals surface area contributed by atoms with Crippen LogP contribution in [0.15, 0.2) is 21.1 Å². The second-order valence-corrected chi connectivity index (χ2v) is 6.62. The molecule has 1 atom stereocenters. The van der Waals surface area contributed by atoms with E-state index in [1.54, 1.807) is 7.11 Å². The van der Waals surface area contributed by atoms with Crippen LogP contribution in [0.5, 0.6) is 5.75 Å². The molecule has 1 fully saturated rings. The molecule has 2 nitrogen and oxygen atoms in total. The fourth-order valence-electron chi connectivity index (χ4n) is 2.50. The Morgan fingerprint density at radius 3 is 2.76 bits per heavy atom. The molecule has 0 spiro atoms. The van der Waals surface area contributed by atoms with Crippen molar-refractivity contribution in [2.75, 3.05) is 13.7 Å². The fourth-order valence-corrected chi connectivity index (χ4v) is 3.98. The van der Waals surface area contributed by atoms with Gasteiger partial charge in [0.05, 0.1) is 11.6 Å². The van der Waals surface area contributed by atoms with E-state index >= 15 is 0 Å². The maximum Gasteiger partial charge on any atom is 0.136 e. The monoisotopic (exact) mass is 361 g/mol. The van der Waals surface area contributed by atoms with Gasteiger partial charge in [0.2, 0.25) is 0 Å². The van der Waals surface area contributed by atoms with Gasteiger partial charge in [-0.3, -0.25) is 0 Å². The second-order valence-electron chi connectivity index (χ2n) is 4.85. The van der Waals surface area contributed by atoms with Gasteiger partial charge >= 0.3 is 0 Å². The number of methoxy groups -OCH3 is 1. The van der Waals surface area contributed by atoms with Crippen LogP contribution >= 0.6 is 31.9 Å². The Morgan fingerprint density at radius 1 is 1.41 bits per heavy atom. The van der Waals surface area contributed by atoms with E-state index in [4.69, 9.17) is 4.74 Å². The molecule has 0 bridgehead atoms. The summed E-state index contributed by atoms with van der Waals surface area (Å²) in [5, 5.41) is 3.59. The highest BCUT2D eigenvalue weighted by Crippen LogP contribution is 2.36. The molecule has 94 valence electrons. The van der Waals surface area contributed by atoms with Crippen LogP contribution in [0.4, 0.5) is 0 Å². The molecule has 0 aromatic heterocycles. The van der Waals surface area contributed by atoms with Crippen LogP contribution in [-0.2, 0) is 6.42 Å². The Balaban J connectivity index is 2.31. The van der Waals surface area contributed by atoms with Crippen molar-refractivity contribution in [1.82, 2.24) is 5.32 Å². The van der Waals surface area contributed by atoms with E-state index < -0.39 is 0 Å². The summed E-state index contributed by atoms with van der Waals surface area (Å²) >= 11 is 7.09. The summed E-state index contributed by atoms with van der Waals surface area (Å²) < 4.78 is 7.58. The molecule has 1 aliphatic heterocycles. The quantitative estimate of drug-likeness (QED) is 0.880. The van der Waals surface area contributed by atoms with Gasteiger partial charge in [-0.1, -0.05) is 15.9 Å². The normalized spacial score (nSPS) is 24.0. The summed E-state index contributed by atoms with van der Waals surface area (Å²) in [5.41, 5.74) is 1.44. The standard InChI is InChI=1S/C13H17Br2NO/c1-13(4-3-5-16-13)8-9-6-10(14)7-11(15)12(9)17-2/h6-7,16H,3-5,8H2,1-2H3. The van der Waals surface area contributed by atoms with E-state index in [1.165, 1.54) is 18.4 Å². The molecular formula is C13H17Br2NO. The van der Waals surface area contributed by atoms with Crippen LogP contribution in [0.2, 0.25) is 0 Å². The van der Waals surface area contributed by atoms with Gasteiger partial charge in [-0.25, -0.2) is 0 Å². The van der Waals surface area contributed by atoms with Crippen molar-refractivity contribution in [2.45, 2.75) is 31.7 Å². The third-order valence-corrected chi connectivity index (χ3v) is 4.37. The molecule has 0 amide bonds. The van der Waals surface area contributed by atoms with Gasteiger partial charge in [-0.05, 0) is 66.4 Å². The number of hydrogen-bond donors (Lipinski definition) is 1. The Kier molecular flexibility index (Phi) is 4.16. The van der Waals surface area contributed by atoms with Gasteiger partial charge < -0.3 is 10.1 Å². The van der Waals surface area contributed by atoms with Crippen LogP contribution in [0, 0.1) is 0 Å². The van der Waals surface area contributed by atoms with Crippen LogP contribution in [0.1, 0.15) is 25.3 Å². The first-order valence-electron chi connectivity index (χ1n) is 5.81. The van der Waals surface area contributed by atoms with Crippen molar-refractivity contribution < 1.29 is 4.74 Å². The molecule has 1 saturated heterocycles. The number of ether oxygens (including phenoxy) is 1. The highest BCUT2D eigenvalue weighted by molar-refractivity contribution is 9.11. The predicted octanol–water partition coefficient (Wildman–Crippen LogP) is 3.90. The van der Waals surface area contributed by atoms with E-state index in [0.717, 1.165) is 27.7 Å². The Bertz CT molecular complexity index is 414. The topological polar surface area (TPSA) is 21.3 Å². The van der Waals surface area contributed by atoms with Crippen LogP contribution in [0.25, 0.3) is 0 Å². The lowest BCUT2D eigenvalue weighted by atomic mass is 9.91. The predicted molar refractivity (Wildman–Crippen MR) is 77.7 cm³/mol. The van der Waals surface area contributed by atoms with Crippen molar-refractivity contribution in [3.8, 4) is 5.75 Å². The van der Waals surface area contributed by atoms with Crippen LogP contribution in [0.3, 0.4) is 0 Å². The first kappa shape index (κ1) is 13.4. The minimum absolute atomic E-state index is 0.202. The second kappa shape index (κ2) is 5.29. The summed E-state index contributed by atoms with van der Waals surface area (Å²) in [7, 11) is 1.72. The lowest BCUT2D eigenvalue weighted by Gasteiger charge is -2.25. The third kappa shape index (κ3) is 3.04. The zero-order chi connectivity index (χ0) is 12.5. The summed E-state index contributed by atoms with van der Waals surface area (Å²) in [6, 6.07) is 4.17. The van der Waals surface area contributed by atoms with Gasteiger partial charge in [-0.2, -0.15) is 0 Å². The van der Waals surface area contributed by atoms with Gasteiger partial charge in [0.25, 0.3) is 0 Å². The molecule has 1 heterocycles. The number of rotatable bonds is 3. The number of halogens is 2. The molecule has 2 rings (SSSR count). The van der Waals surface area contributed by atoms with E-state index in [0.29, 0.717) is 0 Å². The number of nitrogens with one attached hydrogen (secondary N) is 1. The molecule has 17 heavy (non-hydrogen) atoms. The number of benzene rings is 1. The van der Waals surface area contributed by atoms with Crippen LogP contribution < -0.4 is 10.1 Å². The number of hydrogen-bond acceptors (Lipinski definition) is 2. The molecule has 4 heteroatoms. The molecule has 0 saturated carbocycles. The summed E-state index contributed by atoms with van der Waals surface area (Å²) in [4.78, 5) is 0. The maximum atomic E-state index is 5.49. The lowest BCUT2D eigenvalue weighted by Crippen LogP contribution is -2.38. The average Bonchev–Trinajstić information content (AvgIpc) is 2.64. The summed E-state index contributed by atoms with van der Waals surface area (Å²) in [6.07, 6.45) is 3.47. The minimum Gasteiger partial charge on any atom is -0.495 e. The first-order valence-corrected chi connectivity index (χ1v) is 7.40. The minimum atomic E-state index is 0.202. The molecule has 1 N–H and O–H groups in total. The molecule has 1 aromatic carbocycles. The van der Waals surface area contributed by atoms with Crippen molar-refractivity contribution in [3.05, 3.63) is 26.6 Å². The molecule has 0 aliphatic carbocycles. The molecule has 1 aliphatic rings. The Morgan fingerprint density at radius 2 is 2.18 bits per heavy atom. The highest BCUT2D eigenvalue weighted by atomic mass is 79.9. The summed E-state index contributed by atoms with van der Waals surface area (Å²) in [6.45, 7) is 3.40. The van der Waals surface area contributed by atoms with Gasteiger partial charge in [-0.15, -0.1) is 0 Å². The fraction of sp³-hybridized carbons (Fsp3) is 0.538. The van der Waals surface area contributed by atoms with Crippen molar-refractivity contribution >= 4 is 31.9 Å². The van der Waals surface area contributed by atoms with Gasteiger partial charge in [0, 0.05) is 10.0 Å². The van der Waals surface area contributed by atoms with Crippen LogP contribution in [-0.4, -0.2) is 19.2 Å². The summed E-state index contributed by atoms with van der Waals surface area (Å²) in [5.74, 6) is 0.947.